The maximum Gasteiger partial charge on any atom is 0.279 e. The summed E-state index contributed by atoms with van der Waals surface area (Å²) in [5.74, 6) is -0.212. The minimum atomic E-state index is -0.212. The van der Waals surface area contributed by atoms with Crippen LogP contribution in [0, 0.1) is 0 Å². The molecule has 0 saturated carbocycles. The highest BCUT2D eigenvalue weighted by Crippen LogP contribution is 2.23. The van der Waals surface area contributed by atoms with Crippen molar-refractivity contribution in [3.8, 4) is 0 Å². The molecule has 0 aliphatic rings. The first-order chi connectivity index (χ1) is 13.0. The van der Waals surface area contributed by atoms with Gasteiger partial charge in [-0.2, -0.15) is 4.99 Å². The molecule has 1 amide bonds. The van der Waals surface area contributed by atoms with E-state index in [0.717, 1.165) is 21.5 Å². The maximum absolute atomic E-state index is 12.7. The van der Waals surface area contributed by atoms with Gasteiger partial charge in [-0.15, -0.1) is 18.3 Å². The van der Waals surface area contributed by atoms with Crippen molar-refractivity contribution in [2.24, 2.45) is 4.99 Å². The molecule has 1 aromatic heterocycles. The monoisotopic (exact) mass is 396 g/mol. The van der Waals surface area contributed by atoms with Gasteiger partial charge in [0.2, 0.25) is 0 Å². The van der Waals surface area contributed by atoms with Crippen molar-refractivity contribution >= 4 is 39.2 Å². The van der Waals surface area contributed by atoms with Gasteiger partial charge in [-0.3, -0.25) is 4.79 Å². The van der Waals surface area contributed by atoms with E-state index in [4.69, 9.17) is 0 Å². The second-order valence-corrected chi connectivity index (χ2v) is 9.21. The van der Waals surface area contributed by atoms with E-state index in [0.29, 0.717) is 22.2 Å². The molecule has 0 saturated heterocycles. The number of allylic oxidation sites excluding steroid dienone is 1. The molecule has 0 fully saturated rings. The zero-order valence-electron chi connectivity index (χ0n) is 15.9. The van der Waals surface area contributed by atoms with Gasteiger partial charge in [-0.25, -0.2) is 0 Å². The Hall–Kier alpha value is -2.11. The van der Waals surface area contributed by atoms with Crippen LogP contribution in [0.2, 0.25) is 0 Å². The van der Waals surface area contributed by atoms with E-state index in [2.05, 4.69) is 50.5 Å². The lowest BCUT2D eigenvalue weighted by Gasteiger charge is -2.05. The van der Waals surface area contributed by atoms with E-state index < -0.39 is 0 Å². The van der Waals surface area contributed by atoms with Crippen LogP contribution >= 0.6 is 23.1 Å². The minimum Gasteiger partial charge on any atom is -0.312 e. The van der Waals surface area contributed by atoms with Crippen molar-refractivity contribution in [1.82, 2.24) is 4.57 Å². The van der Waals surface area contributed by atoms with Crippen molar-refractivity contribution in [3.05, 3.63) is 71.0 Å². The van der Waals surface area contributed by atoms with Crippen LogP contribution in [0.3, 0.4) is 0 Å². The molecule has 0 atom stereocenters. The number of nitrogens with zero attached hydrogens (tertiary/aromatic N) is 2. The van der Waals surface area contributed by atoms with Crippen LogP contribution in [0.5, 0.6) is 0 Å². The molecule has 0 radical (unpaired) electrons. The summed E-state index contributed by atoms with van der Waals surface area (Å²) in [6.07, 6.45) is 2.82. The fraction of sp³-hybridized carbons (Fsp3) is 0.273. The highest BCUT2D eigenvalue weighted by atomic mass is 32.2. The molecular formula is C22H24N2OS2. The fourth-order valence-electron chi connectivity index (χ4n) is 2.83. The predicted molar refractivity (Wildman–Crippen MR) is 117 cm³/mol. The SMILES string of the molecule is C=CCn1c(=NC(=O)c2ccc(SC(C)C)cc2)sc2cc(CC)ccc21. The zero-order chi connectivity index (χ0) is 19.4. The Morgan fingerprint density at radius 2 is 2.00 bits per heavy atom. The molecule has 2 aromatic carbocycles. The standard InChI is InChI=1S/C22H24N2OS2/c1-5-13-24-19-12-7-16(6-2)14-20(19)27-22(24)23-21(25)17-8-10-18(11-9-17)26-15(3)4/h5,7-12,14-15H,1,6,13H2,2-4H3. The Morgan fingerprint density at radius 3 is 2.63 bits per heavy atom. The first-order valence-corrected chi connectivity index (χ1v) is 10.8. The molecule has 0 spiro atoms. The Morgan fingerprint density at radius 1 is 1.26 bits per heavy atom. The lowest BCUT2D eigenvalue weighted by Crippen LogP contribution is -2.16. The van der Waals surface area contributed by atoms with Gasteiger partial charge < -0.3 is 4.57 Å². The number of carbonyl (C=O) groups is 1. The van der Waals surface area contributed by atoms with Crippen LogP contribution in [0.25, 0.3) is 10.2 Å². The highest BCUT2D eigenvalue weighted by Gasteiger charge is 2.09. The molecule has 5 heteroatoms. The van der Waals surface area contributed by atoms with Gasteiger partial charge in [0.05, 0.1) is 10.2 Å². The second kappa shape index (κ2) is 8.72. The zero-order valence-corrected chi connectivity index (χ0v) is 17.6. The minimum absolute atomic E-state index is 0.212. The summed E-state index contributed by atoms with van der Waals surface area (Å²) < 4.78 is 3.19. The largest absolute Gasteiger partial charge is 0.312 e. The third-order valence-corrected chi connectivity index (χ3v) is 6.19. The number of thioether (sulfide) groups is 1. The van der Waals surface area contributed by atoms with Gasteiger partial charge >= 0.3 is 0 Å². The number of aryl methyl sites for hydroxylation is 1. The maximum atomic E-state index is 12.7. The van der Waals surface area contributed by atoms with Crippen LogP contribution in [-0.2, 0) is 13.0 Å². The normalized spacial score (nSPS) is 12.1. The van der Waals surface area contributed by atoms with Crippen molar-refractivity contribution in [3.63, 3.8) is 0 Å². The summed E-state index contributed by atoms with van der Waals surface area (Å²) in [4.78, 5) is 19.0. The number of rotatable bonds is 6. The Bertz CT molecular complexity index is 1030. The molecule has 0 N–H and O–H groups in total. The Balaban J connectivity index is 1.99. The molecule has 0 bridgehead atoms. The number of benzene rings is 2. The number of carbonyl (C=O) groups excluding carboxylic acids is 1. The van der Waals surface area contributed by atoms with Gasteiger partial charge in [0.25, 0.3) is 5.91 Å². The summed E-state index contributed by atoms with van der Waals surface area (Å²) in [5.41, 5.74) is 2.98. The Kier molecular flexibility index (Phi) is 6.34. The molecule has 27 heavy (non-hydrogen) atoms. The van der Waals surface area contributed by atoms with Gasteiger partial charge in [0.1, 0.15) is 0 Å². The fourth-order valence-corrected chi connectivity index (χ4v) is 4.77. The van der Waals surface area contributed by atoms with Crippen LogP contribution in [0.1, 0.15) is 36.7 Å². The number of hydrogen-bond acceptors (Lipinski definition) is 3. The van der Waals surface area contributed by atoms with E-state index in [9.17, 15) is 4.79 Å². The van der Waals surface area contributed by atoms with E-state index in [-0.39, 0.29) is 5.91 Å². The van der Waals surface area contributed by atoms with E-state index in [1.54, 1.807) is 23.1 Å². The third-order valence-electron chi connectivity index (χ3n) is 4.14. The summed E-state index contributed by atoms with van der Waals surface area (Å²) in [7, 11) is 0. The van der Waals surface area contributed by atoms with E-state index in [1.807, 2.05) is 34.9 Å². The van der Waals surface area contributed by atoms with Gasteiger partial charge in [-0.05, 0) is 48.4 Å². The molecular weight excluding hydrogens is 372 g/mol. The van der Waals surface area contributed by atoms with Crippen molar-refractivity contribution < 1.29 is 4.79 Å². The first kappa shape index (κ1) is 19.6. The van der Waals surface area contributed by atoms with Crippen LogP contribution in [0.4, 0.5) is 0 Å². The molecule has 0 unspecified atom stereocenters. The van der Waals surface area contributed by atoms with Crippen LogP contribution in [-0.4, -0.2) is 15.7 Å². The van der Waals surface area contributed by atoms with E-state index in [1.165, 1.54) is 5.56 Å². The Labute approximate surface area is 168 Å². The topological polar surface area (TPSA) is 34.4 Å². The smallest absolute Gasteiger partial charge is 0.279 e. The average molecular weight is 397 g/mol. The van der Waals surface area contributed by atoms with Crippen LogP contribution < -0.4 is 4.80 Å². The number of fused-ring (bicyclic) bond motifs is 1. The number of amides is 1. The molecule has 3 aromatic rings. The average Bonchev–Trinajstić information content (AvgIpc) is 2.98. The molecule has 0 aliphatic carbocycles. The van der Waals surface area contributed by atoms with Gasteiger partial charge in [0.15, 0.2) is 4.80 Å². The van der Waals surface area contributed by atoms with Crippen molar-refractivity contribution in [2.45, 2.75) is 43.9 Å². The molecule has 1 heterocycles. The number of aromatic nitrogens is 1. The molecule has 3 rings (SSSR count). The third kappa shape index (κ3) is 4.60. The molecule has 0 aliphatic heterocycles. The second-order valence-electron chi connectivity index (χ2n) is 6.55. The van der Waals surface area contributed by atoms with E-state index >= 15 is 0 Å². The summed E-state index contributed by atoms with van der Waals surface area (Å²) in [6.45, 7) is 10.9. The predicted octanol–water partition coefficient (Wildman–Crippen LogP) is 5.69. The van der Waals surface area contributed by atoms with Gasteiger partial charge in [-0.1, -0.05) is 44.3 Å². The highest BCUT2D eigenvalue weighted by molar-refractivity contribution is 7.99. The summed E-state index contributed by atoms with van der Waals surface area (Å²) in [6, 6.07) is 14.1. The first-order valence-electron chi connectivity index (χ1n) is 9.10. The quantitative estimate of drug-likeness (QED) is 0.396. The molecule has 140 valence electrons. The van der Waals surface area contributed by atoms with Crippen LogP contribution in [0.15, 0.2) is 65.0 Å². The number of thiazole rings is 1. The summed E-state index contributed by atoms with van der Waals surface area (Å²) >= 11 is 3.33. The van der Waals surface area contributed by atoms with Crippen molar-refractivity contribution in [1.29, 1.82) is 0 Å². The lowest BCUT2D eigenvalue weighted by atomic mass is 10.2. The lowest BCUT2D eigenvalue weighted by molar-refractivity contribution is 0.0998. The summed E-state index contributed by atoms with van der Waals surface area (Å²) in [5, 5.41) is 0.515. The molecule has 3 nitrogen and oxygen atoms in total. The van der Waals surface area contributed by atoms with Gasteiger partial charge in [0, 0.05) is 22.3 Å². The van der Waals surface area contributed by atoms with Crippen molar-refractivity contribution in [2.75, 3.05) is 0 Å². The number of hydrogen-bond donors (Lipinski definition) is 0.